The summed E-state index contributed by atoms with van der Waals surface area (Å²) in [5.74, 6) is 0.220. The van der Waals surface area contributed by atoms with Crippen LogP contribution in [0.3, 0.4) is 0 Å². The molecule has 11 heavy (non-hydrogen) atoms. The summed E-state index contributed by atoms with van der Waals surface area (Å²) in [6, 6.07) is 6.54. The lowest BCUT2D eigenvalue weighted by molar-refractivity contribution is 0.475. The molecule has 0 aliphatic rings. The third kappa shape index (κ3) is 2.26. The molecule has 0 aliphatic heterocycles. The van der Waals surface area contributed by atoms with Crippen molar-refractivity contribution in [2.45, 2.75) is 0 Å². The van der Waals surface area contributed by atoms with E-state index in [4.69, 9.17) is 5.11 Å². The minimum Gasteiger partial charge on any atom is -0.508 e. The van der Waals surface area contributed by atoms with Gasteiger partial charge in [0.2, 0.25) is 6.29 Å². The Morgan fingerprint density at radius 3 is 2.45 bits per heavy atom. The third-order valence-electron chi connectivity index (χ3n) is 1.24. The highest BCUT2D eigenvalue weighted by molar-refractivity contribution is 5.74. The number of phenols is 1. The predicted molar refractivity (Wildman–Crippen MR) is 42.8 cm³/mol. The first-order valence-corrected chi connectivity index (χ1v) is 3.16. The molecule has 0 aliphatic carbocycles. The van der Waals surface area contributed by atoms with Crippen molar-refractivity contribution in [1.29, 1.82) is 0 Å². The van der Waals surface area contributed by atoms with Crippen molar-refractivity contribution in [3.05, 3.63) is 35.9 Å². The molecule has 2 nitrogen and oxygen atoms in total. The van der Waals surface area contributed by atoms with E-state index in [9.17, 15) is 4.79 Å². The summed E-state index contributed by atoms with van der Waals surface area (Å²) in [7, 11) is 0. The molecule has 0 unspecified atom stereocenters. The number of phenolic OH excluding ortho intramolecular Hbond substituents is 1. The van der Waals surface area contributed by atoms with Crippen LogP contribution in [0.4, 0.5) is 0 Å². The third-order valence-corrected chi connectivity index (χ3v) is 1.24. The number of benzene rings is 1. The van der Waals surface area contributed by atoms with Crippen molar-refractivity contribution in [2.24, 2.45) is 0 Å². The quantitative estimate of drug-likeness (QED) is 0.644. The van der Waals surface area contributed by atoms with Crippen LogP contribution in [0.15, 0.2) is 30.3 Å². The Labute approximate surface area is 64.8 Å². The Kier molecular flexibility index (Phi) is 2.44. The highest BCUT2D eigenvalue weighted by Crippen LogP contribution is 2.10. The molecule has 0 fully saturated rings. The zero-order valence-corrected chi connectivity index (χ0v) is 5.82. The lowest BCUT2D eigenvalue weighted by Crippen LogP contribution is -1.70. The fraction of sp³-hybridized carbons (Fsp3) is 0. The van der Waals surface area contributed by atoms with Crippen LogP contribution < -0.4 is 0 Å². The van der Waals surface area contributed by atoms with Crippen LogP contribution in [-0.2, 0) is 4.79 Å². The van der Waals surface area contributed by atoms with E-state index in [1.54, 1.807) is 36.6 Å². The van der Waals surface area contributed by atoms with Gasteiger partial charge in [-0.25, -0.2) is 0 Å². The lowest BCUT2D eigenvalue weighted by Gasteiger charge is -1.91. The van der Waals surface area contributed by atoms with Gasteiger partial charge in [0, 0.05) is 0 Å². The fourth-order valence-corrected chi connectivity index (χ4v) is 0.716. The zero-order valence-electron chi connectivity index (χ0n) is 5.82. The summed E-state index contributed by atoms with van der Waals surface area (Å²) < 4.78 is 0. The van der Waals surface area contributed by atoms with E-state index in [-0.39, 0.29) is 5.75 Å². The first-order chi connectivity index (χ1) is 5.33. The van der Waals surface area contributed by atoms with Crippen LogP contribution >= 0.6 is 0 Å². The van der Waals surface area contributed by atoms with Crippen LogP contribution in [0.1, 0.15) is 5.56 Å². The topological polar surface area (TPSA) is 37.3 Å². The number of aromatic hydroxyl groups is 1. The largest absolute Gasteiger partial charge is 0.508 e. The molecule has 0 saturated carbocycles. The Morgan fingerprint density at radius 2 is 1.91 bits per heavy atom. The Bertz CT molecular complexity index is 259. The number of allylic oxidation sites excluding steroid dienone is 1. The Hall–Kier alpha value is -1.57. The lowest BCUT2D eigenvalue weighted by atomic mass is 10.2. The van der Waals surface area contributed by atoms with Gasteiger partial charge in [-0.15, -0.1) is 0 Å². The van der Waals surface area contributed by atoms with Gasteiger partial charge in [-0.3, -0.25) is 4.79 Å². The van der Waals surface area contributed by atoms with Crippen molar-refractivity contribution < 1.29 is 9.90 Å². The van der Waals surface area contributed by atoms with Crippen molar-refractivity contribution in [2.75, 3.05) is 0 Å². The van der Waals surface area contributed by atoms with Crippen molar-refractivity contribution in [1.82, 2.24) is 0 Å². The van der Waals surface area contributed by atoms with Crippen molar-refractivity contribution >= 4 is 12.4 Å². The van der Waals surface area contributed by atoms with E-state index in [2.05, 4.69) is 0 Å². The maximum Gasteiger partial charge on any atom is 0.225 e. The second-order valence-corrected chi connectivity index (χ2v) is 2.04. The van der Waals surface area contributed by atoms with E-state index in [0.29, 0.717) is 0 Å². The molecule has 1 aromatic rings. The molecule has 1 radical (unpaired) electrons. The number of hydrogen-bond donors (Lipinski definition) is 1. The van der Waals surface area contributed by atoms with Crippen LogP contribution in [0, 0.1) is 0 Å². The van der Waals surface area contributed by atoms with Crippen LogP contribution in [0.25, 0.3) is 6.08 Å². The fourth-order valence-electron chi connectivity index (χ4n) is 0.716. The predicted octanol–water partition coefficient (Wildman–Crippen LogP) is 1.52. The van der Waals surface area contributed by atoms with Gasteiger partial charge in [-0.05, 0) is 23.8 Å². The maximum atomic E-state index is 9.78. The van der Waals surface area contributed by atoms with E-state index >= 15 is 0 Å². The van der Waals surface area contributed by atoms with E-state index < -0.39 is 0 Å². The summed E-state index contributed by atoms with van der Waals surface area (Å²) >= 11 is 0. The molecule has 55 valence electrons. The molecule has 0 amide bonds. The molecule has 0 bridgehead atoms. The minimum absolute atomic E-state index is 0.220. The normalized spacial score (nSPS) is 10.2. The average Bonchev–Trinajstić information content (AvgIpc) is 2.04. The molecule has 0 spiro atoms. The van der Waals surface area contributed by atoms with Gasteiger partial charge in [-0.1, -0.05) is 18.2 Å². The summed E-state index contributed by atoms with van der Waals surface area (Å²) in [4.78, 5) is 9.78. The monoisotopic (exact) mass is 147 g/mol. The zero-order chi connectivity index (χ0) is 8.10. The van der Waals surface area contributed by atoms with Crippen LogP contribution in [-0.4, -0.2) is 11.4 Å². The molecular weight excluding hydrogens is 140 g/mol. The Balaban J connectivity index is 2.81. The average molecular weight is 147 g/mol. The molecule has 0 heterocycles. The smallest absolute Gasteiger partial charge is 0.225 e. The molecule has 0 atom stereocenters. The van der Waals surface area contributed by atoms with Crippen LogP contribution in [0.5, 0.6) is 5.75 Å². The van der Waals surface area contributed by atoms with Gasteiger partial charge >= 0.3 is 0 Å². The molecule has 0 aromatic heterocycles. The number of rotatable bonds is 2. The van der Waals surface area contributed by atoms with E-state index in [1.807, 2.05) is 0 Å². The summed E-state index contributed by atoms with van der Waals surface area (Å²) in [6.45, 7) is 0. The van der Waals surface area contributed by atoms with Crippen LogP contribution in [0.2, 0.25) is 0 Å². The molecule has 1 aromatic carbocycles. The maximum absolute atomic E-state index is 9.78. The van der Waals surface area contributed by atoms with Crippen molar-refractivity contribution in [3.63, 3.8) is 0 Å². The van der Waals surface area contributed by atoms with Crippen molar-refractivity contribution in [3.8, 4) is 5.75 Å². The van der Waals surface area contributed by atoms with Gasteiger partial charge in [0.25, 0.3) is 0 Å². The van der Waals surface area contributed by atoms with Gasteiger partial charge in [0.05, 0.1) is 0 Å². The highest BCUT2D eigenvalue weighted by Gasteiger charge is 1.86. The number of carbonyl (C=O) groups excluding carboxylic acids is 1. The summed E-state index contributed by atoms with van der Waals surface area (Å²) in [5, 5.41) is 8.88. The SMILES string of the molecule is O=[C]/C=C/c1ccc(O)cc1. The second-order valence-electron chi connectivity index (χ2n) is 2.04. The first kappa shape index (κ1) is 7.54. The highest BCUT2D eigenvalue weighted by atomic mass is 16.3. The minimum atomic E-state index is 0.220. The van der Waals surface area contributed by atoms with Gasteiger partial charge in [-0.2, -0.15) is 0 Å². The standard InChI is InChI=1S/C9H7O2/c10-7-1-2-8-3-5-9(11)6-4-8/h1-6,11H/b2-1+. The van der Waals surface area contributed by atoms with Gasteiger partial charge in [0.1, 0.15) is 5.75 Å². The van der Waals surface area contributed by atoms with Gasteiger partial charge < -0.3 is 5.11 Å². The molecule has 2 heteroatoms. The first-order valence-electron chi connectivity index (χ1n) is 3.16. The van der Waals surface area contributed by atoms with E-state index in [0.717, 1.165) is 5.56 Å². The molecule has 1 N–H and O–H groups in total. The Morgan fingerprint density at radius 1 is 1.27 bits per heavy atom. The molecule has 0 saturated heterocycles. The molecular formula is C9H7O2. The second kappa shape index (κ2) is 3.56. The summed E-state index contributed by atoms with van der Waals surface area (Å²) in [6.07, 6.45) is 4.54. The molecule has 1 rings (SSSR count). The summed E-state index contributed by atoms with van der Waals surface area (Å²) in [5.41, 5.74) is 0.867. The van der Waals surface area contributed by atoms with Gasteiger partial charge in [0.15, 0.2) is 0 Å². The number of hydrogen-bond acceptors (Lipinski definition) is 2. The van der Waals surface area contributed by atoms with E-state index in [1.165, 1.54) is 6.08 Å².